The SMILES string of the molecule is CC1CCCC(C)N1Nc1nc(C(=O)O)ccc1[N+](=O)[O-]. The molecule has 21 heavy (non-hydrogen) atoms. The van der Waals surface area contributed by atoms with Gasteiger partial charge in [0.25, 0.3) is 0 Å². The zero-order valence-electron chi connectivity index (χ0n) is 11.9. The van der Waals surface area contributed by atoms with E-state index in [0.717, 1.165) is 31.4 Å². The number of aromatic carboxylic acids is 1. The van der Waals surface area contributed by atoms with Crippen molar-refractivity contribution in [2.24, 2.45) is 0 Å². The number of hydrogen-bond donors (Lipinski definition) is 2. The molecule has 8 heteroatoms. The molecule has 0 bridgehead atoms. The number of rotatable bonds is 4. The lowest BCUT2D eigenvalue weighted by Gasteiger charge is -2.38. The first-order valence-corrected chi connectivity index (χ1v) is 6.84. The van der Waals surface area contributed by atoms with Gasteiger partial charge >= 0.3 is 11.7 Å². The van der Waals surface area contributed by atoms with Gasteiger partial charge in [0.2, 0.25) is 5.82 Å². The third-order valence-corrected chi connectivity index (χ3v) is 3.72. The first-order valence-electron chi connectivity index (χ1n) is 6.84. The highest BCUT2D eigenvalue weighted by Crippen LogP contribution is 2.27. The summed E-state index contributed by atoms with van der Waals surface area (Å²) in [6, 6.07) is 2.69. The van der Waals surface area contributed by atoms with Crippen LogP contribution in [0.15, 0.2) is 12.1 Å². The molecule has 0 spiro atoms. The fraction of sp³-hybridized carbons (Fsp3) is 0.538. The third kappa shape index (κ3) is 3.27. The predicted octanol–water partition coefficient (Wildman–Crippen LogP) is 2.28. The predicted molar refractivity (Wildman–Crippen MR) is 76.1 cm³/mol. The minimum atomic E-state index is -1.22. The monoisotopic (exact) mass is 294 g/mol. The number of nitrogens with zero attached hydrogens (tertiary/aromatic N) is 3. The summed E-state index contributed by atoms with van der Waals surface area (Å²) in [6.45, 7) is 4.05. The maximum Gasteiger partial charge on any atom is 0.354 e. The molecule has 1 aliphatic heterocycles. The van der Waals surface area contributed by atoms with Crippen LogP contribution in [0, 0.1) is 10.1 Å². The summed E-state index contributed by atoms with van der Waals surface area (Å²) in [6.07, 6.45) is 3.05. The molecule has 1 aromatic rings. The van der Waals surface area contributed by atoms with E-state index in [1.165, 1.54) is 0 Å². The number of anilines is 1. The first-order chi connectivity index (χ1) is 9.90. The quantitative estimate of drug-likeness (QED) is 0.647. The van der Waals surface area contributed by atoms with Crippen LogP contribution in [-0.4, -0.2) is 38.1 Å². The van der Waals surface area contributed by atoms with E-state index in [1.54, 1.807) is 0 Å². The number of pyridine rings is 1. The molecule has 0 aliphatic carbocycles. The Morgan fingerprint density at radius 3 is 2.57 bits per heavy atom. The van der Waals surface area contributed by atoms with Gasteiger partial charge in [-0.1, -0.05) is 6.42 Å². The van der Waals surface area contributed by atoms with Crippen molar-refractivity contribution in [3.8, 4) is 0 Å². The number of nitrogens with one attached hydrogen (secondary N) is 1. The summed E-state index contributed by atoms with van der Waals surface area (Å²) in [4.78, 5) is 25.3. The number of aromatic nitrogens is 1. The molecule has 1 saturated heterocycles. The molecule has 114 valence electrons. The van der Waals surface area contributed by atoms with Gasteiger partial charge < -0.3 is 5.11 Å². The van der Waals surface area contributed by atoms with Gasteiger partial charge in [-0.25, -0.2) is 14.8 Å². The molecule has 0 amide bonds. The Morgan fingerprint density at radius 1 is 1.43 bits per heavy atom. The van der Waals surface area contributed by atoms with Crippen molar-refractivity contribution in [2.75, 3.05) is 5.43 Å². The summed E-state index contributed by atoms with van der Waals surface area (Å²) in [5, 5.41) is 21.9. The van der Waals surface area contributed by atoms with Crippen molar-refractivity contribution in [2.45, 2.75) is 45.2 Å². The Hall–Kier alpha value is -2.22. The van der Waals surface area contributed by atoms with Crippen molar-refractivity contribution in [3.05, 3.63) is 27.9 Å². The van der Waals surface area contributed by atoms with Gasteiger partial charge in [-0.3, -0.25) is 15.5 Å². The van der Waals surface area contributed by atoms with Crippen LogP contribution < -0.4 is 5.43 Å². The minimum Gasteiger partial charge on any atom is -0.477 e. The number of piperidine rings is 1. The van der Waals surface area contributed by atoms with E-state index in [1.807, 2.05) is 18.9 Å². The normalized spacial score (nSPS) is 22.8. The Kier molecular flexibility index (Phi) is 4.37. The lowest BCUT2D eigenvalue weighted by atomic mass is 10.00. The molecule has 1 fully saturated rings. The molecule has 1 aromatic heterocycles. The van der Waals surface area contributed by atoms with Crippen LogP contribution in [-0.2, 0) is 0 Å². The summed E-state index contributed by atoms with van der Waals surface area (Å²) in [7, 11) is 0. The highest BCUT2D eigenvalue weighted by Gasteiger charge is 2.28. The van der Waals surface area contributed by atoms with Gasteiger partial charge in [-0.2, -0.15) is 0 Å². The van der Waals surface area contributed by atoms with Crippen LogP contribution in [0.25, 0.3) is 0 Å². The lowest BCUT2D eigenvalue weighted by molar-refractivity contribution is -0.384. The first kappa shape index (κ1) is 15.2. The average molecular weight is 294 g/mol. The summed E-state index contributed by atoms with van der Waals surface area (Å²) in [5.41, 5.74) is 2.49. The second-order valence-corrected chi connectivity index (χ2v) is 5.27. The van der Waals surface area contributed by atoms with Gasteiger partial charge in [-0.05, 0) is 32.8 Å². The van der Waals surface area contributed by atoms with Crippen molar-refractivity contribution in [1.82, 2.24) is 9.99 Å². The zero-order chi connectivity index (χ0) is 15.6. The summed E-state index contributed by atoms with van der Waals surface area (Å²) < 4.78 is 0. The molecule has 1 aliphatic rings. The Bertz CT molecular complexity index is 553. The number of carboxylic acids is 1. The maximum atomic E-state index is 11.1. The maximum absolute atomic E-state index is 11.1. The molecule has 2 rings (SSSR count). The average Bonchev–Trinajstić information content (AvgIpc) is 2.42. The van der Waals surface area contributed by atoms with Crippen molar-refractivity contribution < 1.29 is 14.8 Å². The number of nitro groups is 1. The fourth-order valence-corrected chi connectivity index (χ4v) is 2.56. The lowest BCUT2D eigenvalue weighted by Crippen LogP contribution is -2.47. The van der Waals surface area contributed by atoms with E-state index in [0.29, 0.717) is 0 Å². The molecular weight excluding hydrogens is 276 g/mol. The van der Waals surface area contributed by atoms with Crippen molar-refractivity contribution >= 4 is 17.5 Å². The number of hydrogen-bond acceptors (Lipinski definition) is 6. The topological polar surface area (TPSA) is 109 Å². The molecule has 0 radical (unpaired) electrons. The highest BCUT2D eigenvalue weighted by molar-refractivity contribution is 5.86. The van der Waals surface area contributed by atoms with Crippen LogP contribution in [0.3, 0.4) is 0 Å². The van der Waals surface area contributed by atoms with E-state index >= 15 is 0 Å². The van der Waals surface area contributed by atoms with E-state index in [-0.39, 0.29) is 29.3 Å². The largest absolute Gasteiger partial charge is 0.477 e. The highest BCUT2D eigenvalue weighted by atomic mass is 16.6. The van der Waals surface area contributed by atoms with Crippen LogP contribution in [0.4, 0.5) is 11.5 Å². The van der Waals surface area contributed by atoms with Gasteiger partial charge in [0.1, 0.15) is 0 Å². The van der Waals surface area contributed by atoms with Crippen molar-refractivity contribution in [3.63, 3.8) is 0 Å². The van der Waals surface area contributed by atoms with Crippen LogP contribution in [0.5, 0.6) is 0 Å². The summed E-state index contributed by atoms with van der Waals surface area (Å²) >= 11 is 0. The molecule has 2 N–H and O–H groups in total. The molecule has 2 unspecified atom stereocenters. The third-order valence-electron chi connectivity index (χ3n) is 3.72. The Balaban J connectivity index is 2.34. The summed E-state index contributed by atoms with van der Waals surface area (Å²) in [5.74, 6) is -1.24. The second-order valence-electron chi connectivity index (χ2n) is 5.27. The van der Waals surface area contributed by atoms with Crippen LogP contribution in [0.2, 0.25) is 0 Å². The number of hydrazine groups is 1. The van der Waals surface area contributed by atoms with Crippen molar-refractivity contribution in [1.29, 1.82) is 0 Å². The smallest absolute Gasteiger partial charge is 0.354 e. The van der Waals surface area contributed by atoms with E-state index < -0.39 is 10.9 Å². The van der Waals surface area contributed by atoms with E-state index in [9.17, 15) is 14.9 Å². The fourth-order valence-electron chi connectivity index (χ4n) is 2.56. The minimum absolute atomic E-state index is 0.0273. The Labute approximate surface area is 121 Å². The molecule has 2 atom stereocenters. The second kappa shape index (κ2) is 6.04. The van der Waals surface area contributed by atoms with Gasteiger partial charge in [0.05, 0.1) is 4.92 Å². The van der Waals surface area contributed by atoms with Crippen LogP contribution >= 0.6 is 0 Å². The van der Waals surface area contributed by atoms with Gasteiger partial charge in [-0.15, -0.1) is 0 Å². The number of carbonyl (C=O) groups is 1. The number of carboxylic acid groups (broad SMARTS) is 1. The standard InChI is InChI=1S/C13H18N4O4/c1-8-4-3-5-9(2)16(8)15-12-11(17(20)21)7-6-10(14-12)13(18)19/h6-9H,3-5H2,1-2H3,(H,14,15)(H,18,19). The Morgan fingerprint density at radius 2 is 2.05 bits per heavy atom. The van der Waals surface area contributed by atoms with Gasteiger partial charge in [0, 0.05) is 18.2 Å². The molecular formula is C13H18N4O4. The molecule has 0 saturated carbocycles. The van der Waals surface area contributed by atoms with Crippen LogP contribution in [0.1, 0.15) is 43.6 Å². The molecule has 2 heterocycles. The van der Waals surface area contributed by atoms with Gasteiger partial charge in [0.15, 0.2) is 5.69 Å². The van der Waals surface area contributed by atoms with E-state index in [4.69, 9.17) is 5.11 Å². The zero-order valence-corrected chi connectivity index (χ0v) is 11.9. The molecule has 0 aromatic carbocycles. The van der Waals surface area contributed by atoms with E-state index in [2.05, 4.69) is 10.4 Å². The molecule has 8 nitrogen and oxygen atoms in total.